The minimum absolute atomic E-state index is 0.0592. The summed E-state index contributed by atoms with van der Waals surface area (Å²) in [5.41, 5.74) is 0. The summed E-state index contributed by atoms with van der Waals surface area (Å²) in [6.45, 7) is 2.29. The molecule has 1 rings (SSSR count). The highest BCUT2D eigenvalue weighted by Gasteiger charge is 2.11. The Bertz CT molecular complexity index is 537. The molecule has 0 spiro atoms. The van der Waals surface area contributed by atoms with Gasteiger partial charge in [-0.05, 0) is 6.07 Å². The molecule has 0 aliphatic carbocycles. The van der Waals surface area contributed by atoms with E-state index in [4.69, 9.17) is 23.2 Å². The van der Waals surface area contributed by atoms with Gasteiger partial charge in [-0.1, -0.05) is 30.1 Å². The van der Waals surface area contributed by atoms with Crippen LogP contribution in [0.5, 0.6) is 0 Å². The molecule has 0 fully saturated rings. The lowest BCUT2D eigenvalue weighted by Crippen LogP contribution is -2.29. The highest BCUT2D eigenvalue weighted by Crippen LogP contribution is 2.28. The Hall–Kier alpha value is -0.760. The quantitative estimate of drug-likeness (QED) is 0.711. The molecule has 3 N–H and O–H groups in total. The van der Waals surface area contributed by atoms with Gasteiger partial charge >= 0.3 is 0 Å². The Morgan fingerprint density at radius 3 is 2.47 bits per heavy atom. The lowest BCUT2D eigenvalue weighted by molar-refractivity contribution is 0.584. The van der Waals surface area contributed by atoms with Crippen LogP contribution in [0.4, 0.5) is 11.6 Å². The van der Waals surface area contributed by atoms with Crippen molar-refractivity contribution in [3.8, 4) is 0 Å². The Balaban J connectivity index is 2.68. The van der Waals surface area contributed by atoms with Crippen LogP contribution in [0, 0.1) is 0 Å². The number of halogens is 2. The molecule has 1 aromatic rings. The van der Waals surface area contributed by atoms with Crippen LogP contribution in [0.25, 0.3) is 0 Å². The molecule has 6 nitrogen and oxygen atoms in total. The first-order valence-corrected chi connectivity index (χ1v) is 8.05. The van der Waals surface area contributed by atoms with Crippen LogP contribution < -0.4 is 15.4 Å². The average Bonchev–Trinajstić information content (AvgIpc) is 2.31. The second kappa shape index (κ2) is 7.14. The lowest BCUT2D eigenvalue weighted by atomic mass is 10.4. The van der Waals surface area contributed by atoms with Gasteiger partial charge in [-0.3, -0.25) is 0 Å². The molecule has 0 bridgehead atoms. The van der Waals surface area contributed by atoms with E-state index in [1.54, 1.807) is 20.0 Å². The van der Waals surface area contributed by atoms with E-state index in [9.17, 15) is 8.42 Å². The number of nitrogens with zero attached hydrogens (tertiary/aromatic N) is 1. The minimum Gasteiger partial charge on any atom is -0.372 e. The van der Waals surface area contributed by atoms with E-state index >= 15 is 0 Å². The predicted molar refractivity (Wildman–Crippen MR) is 79.8 cm³/mol. The van der Waals surface area contributed by atoms with Crippen molar-refractivity contribution in [3.63, 3.8) is 0 Å². The zero-order chi connectivity index (χ0) is 14.5. The van der Waals surface area contributed by atoms with Gasteiger partial charge in [-0.25, -0.2) is 18.1 Å². The van der Waals surface area contributed by atoms with Crippen molar-refractivity contribution < 1.29 is 8.42 Å². The maximum absolute atomic E-state index is 11.4. The van der Waals surface area contributed by atoms with Crippen molar-refractivity contribution in [2.75, 3.05) is 36.5 Å². The molecule has 0 unspecified atom stereocenters. The Morgan fingerprint density at radius 2 is 1.89 bits per heavy atom. The molecule has 19 heavy (non-hydrogen) atoms. The summed E-state index contributed by atoms with van der Waals surface area (Å²) in [6.07, 6.45) is 0. The number of hydrogen-bond acceptors (Lipinski definition) is 5. The van der Waals surface area contributed by atoms with Gasteiger partial charge < -0.3 is 10.6 Å². The molecular weight excluding hydrogens is 311 g/mol. The zero-order valence-corrected chi connectivity index (χ0v) is 13.0. The summed E-state index contributed by atoms with van der Waals surface area (Å²) in [5.74, 6) is 0.807. The number of anilines is 2. The van der Waals surface area contributed by atoms with Gasteiger partial charge in [0.05, 0.1) is 15.8 Å². The van der Waals surface area contributed by atoms with Gasteiger partial charge in [0.25, 0.3) is 0 Å². The third-order valence-corrected chi connectivity index (χ3v) is 4.24. The van der Waals surface area contributed by atoms with Gasteiger partial charge in [0.1, 0.15) is 11.6 Å². The topological polar surface area (TPSA) is 83.1 Å². The first-order chi connectivity index (χ1) is 8.89. The summed E-state index contributed by atoms with van der Waals surface area (Å²) in [5, 5.41) is 6.43. The molecule has 1 aromatic heterocycles. The summed E-state index contributed by atoms with van der Waals surface area (Å²) in [4.78, 5) is 4.15. The maximum atomic E-state index is 11.4. The number of sulfonamides is 1. The molecule has 0 saturated carbocycles. The summed E-state index contributed by atoms with van der Waals surface area (Å²) >= 11 is 11.9. The third kappa shape index (κ3) is 5.02. The largest absolute Gasteiger partial charge is 0.372 e. The highest BCUT2D eigenvalue weighted by molar-refractivity contribution is 7.89. The van der Waals surface area contributed by atoms with Crippen LogP contribution in [0.1, 0.15) is 6.92 Å². The number of rotatable bonds is 7. The summed E-state index contributed by atoms with van der Waals surface area (Å²) in [6, 6.07) is 1.54. The van der Waals surface area contributed by atoms with E-state index < -0.39 is 10.0 Å². The van der Waals surface area contributed by atoms with Crippen LogP contribution in [-0.4, -0.2) is 39.3 Å². The molecule has 0 atom stereocenters. The second-order valence-electron chi connectivity index (χ2n) is 3.64. The molecule has 0 saturated heterocycles. The molecule has 9 heteroatoms. The van der Waals surface area contributed by atoms with Gasteiger partial charge in [0.15, 0.2) is 0 Å². The molecule has 1 heterocycles. The Morgan fingerprint density at radius 1 is 1.26 bits per heavy atom. The number of aromatic nitrogens is 1. The third-order valence-electron chi connectivity index (χ3n) is 2.19. The monoisotopic (exact) mass is 326 g/mol. The standard InChI is InChI=1S/C10H16Cl2N4O2S/c1-3-15-19(17,18)5-4-14-10-8(12)6-7(11)9(13-2)16-10/h6,15H,3-5H2,1-2H3,(H2,13,14,16). The molecule has 0 aromatic carbocycles. The Kier molecular flexibility index (Phi) is 6.12. The van der Waals surface area contributed by atoms with E-state index in [1.165, 1.54) is 0 Å². The van der Waals surface area contributed by atoms with Crippen LogP contribution >= 0.6 is 23.2 Å². The van der Waals surface area contributed by atoms with Gasteiger partial charge in [-0.2, -0.15) is 0 Å². The SMILES string of the molecule is CCNS(=O)(=O)CCNc1nc(NC)c(Cl)cc1Cl. The average molecular weight is 327 g/mol. The second-order valence-corrected chi connectivity index (χ2v) is 6.38. The number of nitrogens with one attached hydrogen (secondary N) is 3. The van der Waals surface area contributed by atoms with Gasteiger partial charge in [0, 0.05) is 20.1 Å². The van der Waals surface area contributed by atoms with Crippen molar-refractivity contribution >= 4 is 44.9 Å². The fourth-order valence-electron chi connectivity index (χ4n) is 1.36. The van der Waals surface area contributed by atoms with Gasteiger partial charge in [0.2, 0.25) is 10.0 Å². The first-order valence-electron chi connectivity index (χ1n) is 5.64. The van der Waals surface area contributed by atoms with Crippen molar-refractivity contribution in [2.45, 2.75) is 6.92 Å². The van der Waals surface area contributed by atoms with E-state index in [2.05, 4.69) is 20.3 Å². The summed E-state index contributed by atoms with van der Waals surface area (Å²) < 4.78 is 25.3. The summed E-state index contributed by atoms with van der Waals surface area (Å²) in [7, 11) is -1.58. The van der Waals surface area contributed by atoms with Crippen molar-refractivity contribution in [2.24, 2.45) is 0 Å². The first kappa shape index (κ1) is 16.3. The van der Waals surface area contributed by atoms with Crippen LogP contribution in [0.3, 0.4) is 0 Å². The van der Waals surface area contributed by atoms with Crippen LogP contribution in [0.15, 0.2) is 6.07 Å². The molecule has 0 radical (unpaired) electrons. The predicted octanol–water partition coefficient (Wildman–Crippen LogP) is 1.78. The smallest absolute Gasteiger partial charge is 0.213 e. The van der Waals surface area contributed by atoms with E-state index in [1.807, 2.05) is 0 Å². The molecule has 108 valence electrons. The molecule has 0 aliphatic rings. The van der Waals surface area contributed by atoms with E-state index in [0.717, 1.165) is 0 Å². The highest BCUT2D eigenvalue weighted by atomic mass is 35.5. The van der Waals surface area contributed by atoms with Crippen molar-refractivity contribution in [1.29, 1.82) is 0 Å². The zero-order valence-electron chi connectivity index (χ0n) is 10.6. The van der Waals surface area contributed by atoms with E-state index in [-0.39, 0.29) is 12.3 Å². The number of pyridine rings is 1. The Labute approximate surface area is 122 Å². The van der Waals surface area contributed by atoms with Gasteiger partial charge in [-0.15, -0.1) is 0 Å². The fourth-order valence-corrected chi connectivity index (χ4v) is 2.84. The molecule has 0 aliphatic heterocycles. The van der Waals surface area contributed by atoms with Crippen molar-refractivity contribution in [3.05, 3.63) is 16.1 Å². The normalized spacial score (nSPS) is 11.4. The van der Waals surface area contributed by atoms with Crippen LogP contribution in [0.2, 0.25) is 10.0 Å². The van der Waals surface area contributed by atoms with Crippen LogP contribution in [-0.2, 0) is 10.0 Å². The molecule has 0 amide bonds. The minimum atomic E-state index is -3.26. The van der Waals surface area contributed by atoms with Crippen molar-refractivity contribution in [1.82, 2.24) is 9.71 Å². The number of hydrogen-bond donors (Lipinski definition) is 3. The lowest BCUT2D eigenvalue weighted by Gasteiger charge is -2.11. The maximum Gasteiger partial charge on any atom is 0.213 e. The molecular formula is C10H16Cl2N4O2S. The van der Waals surface area contributed by atoms with E-state index in [0.29, 0.717) is 28.2 Å². The fraction of sp³-hybridized carbons (Fsp3) is 0.500.